The first-order valence-electron chi connectivity index (χ1n) is 8.51. The highest BCUT2D eigenvalue weighted by Gasteiger charge is 2.25. The van der Waals surface area contributed by atoms with Crippen LogP contribution >= 0.6 is 11.6 Å². The van der Waals surface area contributed by atoms with Crippen molar-refractivity contribution in [3.8, 4) is 0 Å². The number of carbonyl (C=O) groups excluding carboxylic acids is 1. The third-order valence-corrected chi connectivity index (χ3v) is 4.25. The Morgan fingerprint density at radius 2 is 2.12 bits per heavy atom. The number of hydrogen-bond donors (Lipinski definition) is 2. The van der Waals surface area contributed by atoms with Crippen LogP contribution in [0.2, 0.25) is 5.15 Å². The van der Waals surface area contributed by atoms with Crippen molar-refractivity contribution < 1.29 is 9.53 Å². The Labute approximate surface area is 153 Å². The van der Waals surface area contributed by atoms with E-state index in [1.165, 1.54) is 0 Å². The smallest absolute Gasteiger partial charge is 0.241 e. The van der Waals surface area contributed by atoms with Gasteiger partial charge < -0.3 is 4.74 Å². The molecule has 1 saturated carbocycles. The Morgan fingerprint density at radius 3 is 2.72 bits per heavy atom. The van der Waals surface area contributed by atoms with Gasteiger partial charge in [-0.1, -0.05) is 37.1 Å². The van der Waals surface area contributed by atoms with E-state index in [9.17, 15) is 4.79 Å². The summed E-state index contributed by atoms with van der Waals surface area (Å²) in [6.07, 6.45) is 9.55. The third-order valence-electron chi connectivity index (χ3n) is 3.98. The molecule has 7 heteroatoms. The minimum Gasteiger partial charge on any atom is -0.380 e. The quantitative estimate of drug-likeness (QED) is 0.723. The standard InChI is InChI=1S/C18H25ClN4O2/c1-4-6-14-15(10-9-12(2)11-25-3)20-16(19)17(21-14)22-23-18(24)13-7-5-8-13/h6,9-10,13H,4-5,7-8,11H2,1-3H3,(H,21,22)(H,23,24)/b12-9+,14-6+,15-10+. The molecule has 136 valence electrons. The Bertz CT molecular complexity index is 757. The van der Waals surface area contributed by atoms with Crippen molar-refractivity contribution in [1.29, 1.82) is 0 Å². The van der Waals surface area contributed by atoms with Crippen molar-refractivity contribution in [2.75, 3.05) is 19.1 Å². The second-order valence-electron chi connectivity index (χ2n) is 6.10. The predicted molar refractivity (Wildman–Crippen MR) is 100 cm³/mol. The maximum atomic E-state index is 11.9. The van der Waals surface area contributed by atoms with Gasteiger partial charge in [0.25, 0.3) is 0 Å². The second-order valence-corrected chi connectivity index (χ2v) is 6.46. The van der Waals surface area contributed by atoms with Gasteiger partial charge in [0.2, 0.25) is 5.91 Å². The van der Waals surface area contributed by atoms with Crippen molar-refractivity contribution in [2.45, 2.75) is 39.5 Å². The van der Waals surface area contributed by atoms with Gasteiger partial charge in [-0.2, -0.15) is 0 Å². The zero-order valence-electron chi connectivity index (χ0n) is 14.9. The van der Waals surface area contributed by atoms with Crippen molar-refractivity contribution >= 4 is 35.5 Å². The number of carbonyl (C=O) groups is 1. The summed E-state index contributed by atoms with van der Waals surface area (Å²) in [5.74, 6) is 0.407. The highest BCUT2D eigenvalue weighted by molar-refractivity contribution is 6.31. The molecular formula is C18H25ClN4O2. The van der Waals surface area contributed by atoms with Crippen molar-refractivity contribution in [1.82, 2.24) is 15.4 Å². The maximum Gasteiger partial charge on any atom is 0.241 e. The number of hydrogen-bond acceptors (Lipinski definition) is 5. The van der Waals surface area contributed by atoms with Crippen LogP contribution < -0.4 is 21.5 Å². The molecule has 0 atom stereocenters. The molecule has 1 aromatic heterocycles. The molecule has 0 aliphatic heterocycles. The molecule has 1 aromatic rings. The van der Waals surface area contributed by atoms with Crippen LogP contribution in [0.5, 0.6) is 0 Å². The monoisotopic (exact) mass is 364 g/mol. The van der Waals surface area contributed by atoms with E-state index < -0.39 is 0 Å². The molecule has 25 heavy (non-hydrogen) atoms. The Kier molecular flexibility index (Phi) is 7.40. The number of hydrazine groups is 1. The highest BCUT2D eigenvalue weighted by Crippen LogP contribution is 2.26. The minimum atomic E-state index is -0.0288. The lowest BCUT2D eigenvalue weighted by Gasteiger charge is -2.24. The molecule has 2 rings (SSSR count). The lowest BCUT2D eigenvalue weighted by molar-refractivity contribution is -0.126. The van der Waals surface area contributed by atoms with Gasteiger partial charge in [0.1, 0.15) is 0 Å². The van der Waals surface area contributed by atoms with Gasteiger partial charge in [-0.05, 0) is 37.8 Å². The van der Waals surface area contributed by atoms with E-state index in [1.807, 2.05) is 32.1 Å². The molecule has 1 aliphatic carbocycles. The van der Waals surface area contributed by atoms with Crippen LogP contribution in [0.1, 0.15) is 39.5 Å². The van der Waals surface area contributed by atoms with Crippen LogP contribution in [-0.4, -0.2) is 29.6 Å². The molecular weight excluding hydrogens is 340 g/mol. The van der Waals surface area contributed by atoms with E-state index >= 15 is 0 Å². The fraction of sp³-hybridized carbons (Fsp3) is 0.500. The number of nitrogens with zero attached hydrogens (tertiary/aromatic N) is 2. The van der Waals surface area contributed by atoms with E-state index in [0.29, 0.717) is 23.1 Å². The van der Waals surface area contributed by atoms with Crippen LogP contribution in [0.15, 0.2) is 11.6 Å². The topological polar surface area (TPSA) is 76.1 Å². The number of ether oxygens (including phenoxy) is 1. The first-order chi connectivity index (χ1) is 12.0. The van der Waals surface area contributed by atoms with Crippen LogP contribution in [0, 0.1) is 5.92 Å². The summed E-state index contributed by atoms with van der Waals surface area (Å²) in [5.41, 5.74) is 6.54. The van der Waals surface area contributed by atoms with Crippen LogP contribution in [0.25, 0.3) is 12.2 Å². The summed E-state index contributed by atoms with van der Waals surface area (Å²) < 4.78 is 5.09. The van der Waals surface area contributed by atoms with Gasteiger partial charge in [-0.25, -0.2) is 9.97 Å². The van der Waals surface area contributed by atoms with Gasteiger partial charge in [0, 0.05) is 13.0 Å². The number of methoxy groups -OCH3 is 1. The summed E-state index contributed by atoms with van der Waals surface area (Å²) in [6.45, 7) is 4.55. The molecule has 0 bridgehead atoms. The van der Waals surface area contributed by atoms with Crippen molar-refractivity contribution in [3.05, 3.63) is 27.5 Å². The molecule has 0 saturated heterocycles. The number of allylic oxidation sites excluding steroid dienone is 1. The molecule has 1 fully saturated rings. The molecule has 2 N–H and O–H groups in total. The Balaban J connectivity index is 2.24. The molecule has 0 radical (unpaired) electrons. The van der Waals surface area contributed by atoms with Crippen molar-refractivity contribution in [2.24, 2.45) is 5.92 Å². The van der Waals surface area contributed by atoms with E-state index in [2.05, 4.69) is 20.8 Å². The largest absolute Gasteiger partial charge is 0.380 e. The number of aromatic nitrogens is 2. The van der Waals surface area contributed by atoms with Gasteiger partial charge in [0.05, 0.1) is 17.3 Å². The normalized spacial score (nSPS) is 16.7. The molecule has 0 unspecified atom stereocenters. The summed E-state index contributed by atoms with van der Waals surface area (Å²) in [7, 11) is 1.66. The summed E-state index contributed by atoms with van der Waals surface area (Å²) >= 11 is 6.22. The fourth-order valence-electron chi connectivity index (χ4n) is 2.38. The average molecular weight is 365 g/mol. The summed E-state index contributed by atoms with van der Waals surface area (Å²) in [4.78, 5) is 20.8. The number of amides is 1. The summed E-state index contributed by atoms with van der Waals surface area (Å²) in [6, 6.07) is 0. The SMILES string of the molecule is CC/C=c1/nc(NNC(=O)C2CCC2)c(Cl)n/c1=C/C=C(\C)COC. The van der Waals surface area contributed by atoms with E-state index in [0.717, 1.165) is 31.3 Å². The third kappa shape index (κ3) is 5.54. The molecule has 1 aliphatic rings. The zero-order valence-corrected chi connectivity index (χ0v) is 15.7. The van der Waals surface area contributed by atoms with Gasteiger partial charge in [-0.15, -0.1) is 0 Å². The maximum absolute atomic E-state index is 11.9. The molecule has 6 nitrogen and oxygen atoms in total. The van der Waals surface area contributed by atoms with Gasteiger partial charge >= 0.3 is 0 Å². The lowest BCUT2D eigenvalue weighted by Crippen LogP contribution is -2.40. The Morgan fingerprint density at radius 1 is 1.36 bits per heavy atom. The lowest BCUT2D eigenvalue weighted by atomic mass is 9.85. The molecule has 0 aromatic carbocycles. The summed E-state index contributed by atoms with van der Waals surface area (Å²) in [5, 5.41) is 1.61. The average Bonchev–Trinajstić information content (AvgIpc) is 2.52. The number of nitrogens with one attached hydrogen (secondary N) is 2. The van der Waals surface area contributed by atoms with Crippen LogP contribution in [-0.2, 0) is 9.53 Å². The fourth-order valence-corrected chi connectivity index (χ4v) is 2.56. The first-order valence-corrected chi connectivity index (χ1v) is 8.89. The number of halogens is 1. The minimum absolute atomic E-state index is 0.0288. The van der Waals surface area contributed by atoms with Crippen LogP contribution in [0.3, 0.4) is 0 Å². The molecule has 0 spiro atoms. The number of anilines is 1. The molecule has 1 amide bonds. The first kappa shape index (κ1) is 19.4. The highest BCUT2D eigenvalue weighted by atomic mass is 35.5. The van der Waals surface area contributed by atoms with Gasteiger partial charge in [0.15, 0.2) is 11.0 Å². The number of rotatable bonds is 7. The van der Waals surface area contributed by atoms with E-state index in [1.54, 1.807) is 7.11 Å². The van der Waals surface area contributed by atoms with E-state index in [4.69, 9.17) is 16.3 Å². The Hall–Kier alpha value is -1.92. The molecule has 1 heterocycles. The van der Waals surface area contributed by atoms with Gasteiger partial charge in [-0.3, -0.25) is 15.6 Å². The predicted octanol–water partition coefficient (Wildman–Crippen LogP) is 1.94. The van der Waals surface area contributed by atoms with Crippen LogP contribution in [0.4, 0.5) is 5.82 Å². The van der Waals surface area contributed by atoms with E-state index in [-0.39, 0.29) is 17.0 Å². The second kappa shape index (κ2) is 9.53. The zero-order chi connectivity index (χ0) is 18.2. The van der Waals surface area contributed by atoms with Crippen molar-refractivity contribution in [3.63, 3.8) is 0 Å².